The maximum Gasteiger partial charge on any atom is 0.0875 e. The van der Waals surface area contributed by atoms with Crippen molar-refractivity contribution in [1.82, 2.24) is 10.4 Å². The number of allylic oxidation sites excluding steroid dienone is 1. The summed E-state index contributed by atoms with van der Waals surface area (Å²) in [7, 11) is 0. The zero-order valence-corrected chi connectivity index (χ0v) is 11.0. The topological polar surface area (TPSA) is 24.5 Å². The Balaban J connectivity index is 1.68. The van der Waals surface area contributed by atoms with Gasteiger partial charge in [0.2, 0.25) is 0 Å². The van der Waals surface area contributed by atoms with Gasteiger partial charge >= 0.3 is 0 Å². The number of hydroxylamine groups is 2. The molecule has 0 amide bonds. The van der Waals surface area contributed by atoms with Crippen LogP contribution in [0, 0.1) is 5.92 Å². The van der Waals surface area contributed by atoms with E-state index in [0.717, 1.165) is 25.9 Å². The summed E-state index contributed by atoms with van der Waals surface area (Å²) in [5.74, 6) is 0.534. The van der Waals surface area contributed by atoms with Crippen molar-refractivity contribution in [3.8, 4) is 0 Å². The Bertz CT molecular complexity index is 473. The van der Waals surface area contributed by atoms with Crippen LogP contribution in [-0.2, 0) is 4.84 Å². The Morgan fingerprint density at radius 1 is 1.21 bits per heavy atom. The Morgan fingerprint density at radius 2 is 2.11 bits per heavy atom. The van der Waals surface area contributed by atoms with Gasteiger partial charge in [-0.15, -0.1) is 0 Å². The van der Waals surface area contributed by atoms with E-state index in [1.54, 1.807) is 0 Å². The molecule has 4 atom stereocenters. The van der Waals surface area contributed by atoms with Gasteiger partial charge in [0.05, 0.1) is 18.2 Å². The van der Waals surface area contributed by atoms with E-state index in [0.29, 0.717) is 24.1 Å². The zero-order valence-electron chi connectivity index (χ0n) is 11.0. The number of rotatable bonds is 1. The molecule has 0 radical (unpaired) electrons. The van der Waals surface area contributed by atoms with E-state index in [4.69, 9.17) is 4.84 Å². The van der Waals surface area contributed by atoms with Gasteiger partial charge in [-0.3, -0.25) is 4.84 Å². The van der Waals surface area contributed by atoms with E-state index >= 15 is 0 Å². The molecule has 2 aliphatic heterocycles. The van der Waals surface area contributed by atoms with E-state index < -0.39 is 0 Å². The molecular formula is C16H20N2O. The summed E-state index contributed by atoms with van der Waals surface area (Å²) in [6.45, 7) is 1.99. The second-order valence-electron chi connectivity index (χ2n) is 5.70. The monoisotopic (exact) mass is 256 g/mol. The van der Waals surface area contributed by atoms with Gasteiger partial charge in [0.15, 0.2) is 0 Å². The number of benzene rings is 1. The maximum atomic E-state index is 6.16. The van der Waals surface area contributed by atoms with Crippen molar-refractivity contribution in [2.24, 2.45) is 5.92 Å². The third kappa shape index (κ3) is 1.93. The standard InChI is InChI=1S/C16H20N2O/c1-2-6-12(7-3-1)15-16-13-8-4-5-9-14(13)19-18(16)11-10-17-15/h1-4,6-8,13-17H,5,9-11H2. The van der Waals surface area contributed by atoms with Crippen LogP contribution < -0.4 is 5.32 Å². The van der Waals surface area contributed by atoms with Crippen LogP contribution in [0.4, 0.5) is 0 Å². The lowest BCUT2D eigenvalue weighted by atomic mass is 9.81. The number of piperazine rings is 1. The van der Waals surface area contributed by atoms with Crippen LogP contribution in [0.3, 0.4) is 0 Å². The van der Waals surface area contributed by atoms with Crippen molar-refractivity contribution in [1.29, 1.82) is 0 Å². The quantitative estimate of drug-likeness (QED) is 0.780. The summed E-state index contributed by atoms with van der Waals surface area (Å²) in [5.41, 5.74) is 1.38. The van der Waals surface area contributed by atoms with E-state index in [1.165, 1.54) is 5.56 Å². The van der Waals surface area contributed by atoms with E-state index in [9.17, 15) is 0 Å². The molecule has 4 unspecified atom stereocenters. The highest BCUT2D eigenvalue weighted by Crippen LogP contribution is 2.41. The molecule has 0 bridgehead atoms. The summed E-state index contributed by atoms with van der Waals surface area (Å²) in [6, 6.07) is 11.6. The molecule has 0 saturated carbocycles. The Kier molecular flexibility index (Phi) is 2.91. The molecule has 4 rings (SSSR count). The van der Waals surface area contributed by atoms with Crippen LogP contribution in [0.2, 0.25) is 0 Å². The van der Waals surface area contributed by atoms with Gasteiger partial charge in [0.1, 0.15) is 0 Å². The molecule has 1 N–H and O–H groups in total. The Hall–Kier alpha value is -1.16. The molecular weight excluding hydrogens is 236 g/mol. The SMILES string of the molecule is C1=CC2C(CC1)ON1CCNC(c3ccccc3)C21. The maximum absolute atomic E-state index is 6.16. The fourth-order valence-corrected chi connectivity index (χ4v) is 3.74. The summed E-state index contributed by atoms with van der Waals surface area (Å²) in [4.78, 5) is 6.16. The molecule has 2 heterocycles. The number of fused-ring (bicyclic) bond motifs is 3. The molecule has 1 aromatic carbocycles. The van der Waals surface area contributed by atoms with E-state index in [2.05, 4.69) is 52.9 Å². The lowest BCUT2D eigenvalue weighted by Crippen LogP contribution is -2.51. The molecule has 3 aliphatic rings. The number of nitrogens with one attached hydrogen (secondary N) is 1. The highest BCUT2D eigenvalue weighted by molar-refractivity contribution is 5.24. The minimum Gasteiger partial charge on any atom is -0.307 e. The first kappa shape index (κ1) is 11.6. The van der Waals surface area contributed by atoms with Gasteiger partial charge in [-0.25, -0.2) is 0 Å². The molecule has 19 heavy (non-hydrogen) atoms. The van der Waals surface area contributed by atoms with Gasteiger partial charge in [-0.05, 0) is 18.4 Å². The fraction of sp³-hybridized carbons (Fsp3) is 0.500. The summed E-state index contributed by atoms with van der Waals surface area (Å²) >= 11 is 0. The largest absolute Gasteiger partial charge is 0.307 e. The summed E-state index contributed by atoms with van der Waals surface area (Å²) < 4.78 is 0. The van der Waals surface area contributed by atoms with Crippen LogP contribution in [0.15, 0.2) is 42.5 Å². The molecule has 2 fully saturated rings. The minimum absolute atomic E-state index is 0.382. The lowest BCUT2D eigenvalue weighted by Gasteiger charge is -2.38. The van der Waals surface area contributed by atoms with Gasteiger partial charge in [-0.1, -0.05) is 42.5 Å². The van der Waals surface area contributed by atoms with Crippen molar-refractivity contribution < 1.29 is 4.84 Å². The first-order valence-corrected chi connectivity index (χ1v) is 7.32. The third-order valence-corrected chi connectivity index (χ3v) is 4.60. The molecule has 1 aromatic rings. The molecule has 3 heteroatoms. The van der Waals surface area contributed by atoms with Gasteiger partial charge in [0, 0.05) is 19.0 Å². The van der Waals surface area contributed by atoms with Crippen molar-refractivity contribution in [3.05, 3.63) is 48.0 Å². The van der Waals surface area contributed by atoms with Crippen LogP contribution in [0.25, 0.3) is 0 Å². The predicted molar refractivity (Wildman–Crippen MR) is 74.4 cm³/mol. The van der Waals surface area contributed by atoms with Gasteiger partial charge < -0.3 is 5.32 Å². The molecule has 3 nitrogen and oxygen atoms in total. The Labute approximate surface area is 114 Å². The van der Waals surface area contributed by atoms with Gasteiger partial charge in [-0.2, -0.15) is 5.06 Å². The first-order valence-electron chi connectivity index (χ1n) is 7.32. The smallest absolute Gasteiger partial charge is 0.0875 e. The van der Waals surface area contributed by atoms with Crippen LogP contribution >= 0.6 is 0 Å². The fourth-order valence-electron chi connectivity index (χ4n) is 3.74. The van der Waals surface area contributed by atoms with Crippen molar-refractivity contribution in [3.63, 3.8) is 0 Å². The number of hydrogen-bond acceptors (Lipinski definition) is 3. The average Bonchev–Trinajstić information content (AvgIpc) is 2.86. The average molecular weight is 256 g/mol. The third-order valence-electron chi connectivity index (χ3n) is 4.60. The van der Waals surface area contributed by atoms with Crippen LogP contribution in [0.1, 0.15) is 24.4 Å². The van der Waals surface area contributed by atoms with Crippen molar-refractivity contribution in [2.75, 3.05) is 13.1 Å². The molecule has 1 aliphatic carbocycles. The highest BCUT2D eigenvalue weighted by Gasteiger charge is 2.48. The van der Waals surface area contributed by atoms with Crippen molar-refractivity contribution >= 4 is 0 Å². The van der Waals surface area contributed by atoms with Crippen molar-refractivity contribution in [2.45, 2.75) is 31.0 Å². The predicted octanol–water partition coefficient (Wildman–Crippen LogP) is 2.28. The summed E-state index contributed by atoms with van der Waals surface area (Å²) in [6.07, 6.45) is 7.41. The highest BCUT2D eigenvalue weighted by atomic mass is 16.7. The molecule has 0 spiro atoms. The Morgan fingerprint density at radius 3 is 3.00 bits per heavy atom. The minimum atomic E-state index is 0.382. The van der Waals surface area contributed by atoms with E-state index in [-0.39, 0.29) is 0 Å². The first-order chi connectivity index (χ1) is 9.43. The second-order valence-corrected chi connectivity index (χ2v) is 5.70. The number of hydrogen-bond donors (Lipinski definition) is 1. The normalized spacial score (nSPS) is 37.9. The van der Waals surface area contributed by atoms with Crippen LogP contribution in [-0.4, -0.2) is 30.3 Å². The molecule has 0 aromatic heterocycles. The van der Waals surface area contributed by atoms with E-state index in [1.807, 2.05) is 0 Å². The summed E-state index contributed by atoms with van der Waals surface area (Å²) in [5, 5.41) is 5.92. The number of nitrogens with zero attached hydrogens (tertiary/aromatic N) is 1. The molecule has 100 valence electrons. The lowest BCUT2D eigenvalue weighted by molar-refractivity contribution is -0.175. The van der Waals surface area contributed by atoms with Gasteiger partial charge in [0.25, 0.3) is 0 Å². The zero-order chi connectivity index (χ0) is 12.7. The second kappa shape index (κ2) is 4.75. The molecule has 2 saturated heterocycles. The van der Waals surface area contributed by atoms with Crippen LogP contribution in [0.5, 0.6) is 0 Å².